The Labute approximate surface area is 131 Å². The van der Waals surface area contributed by atoms with Crippen molar-refractivity contribution < 1.29 is 13.9 Å². The van der Waals surface area contributed by atoms with Crippen LogP contribution < -0.4 is 15.7 Å². The molecule has 0 aliphatic carbocycles. The molecule has 2 heterocycles. The zero-order valence-electron chi connectivity index (χ0n) is 12.4. The fraction of sp³-hybridized carbons (Fsp3) is 0.222. The third-order valence-electron chi connectivity index (χ3n) is 4.16. The van der Waals surface area contributed by atoms with E-state index in [9.17, 15) is 9.59 Å². The second-order valence-electron chi connectivity index (χ2n) is 5.66. The number of fused-ring (bicyclic) bond motifs is 3. The molecule has 1 aromatic heterocycles. The van der Waals surface area contributed by atoms with Crippen molar-refractivity contribution in [2.75, 3.05) is 6.54 Å². The van der Waals surface area contributed by atoms with Crippen LogP contribution in [0.5, 0.6) is 5.75 Å². The van der Waals surface area contributed by atoms with E-state index in [1.165, 1.54) is 0 Å². The van der Waals surface area contributed by atoms with Gasteiger partial charge in [-0.3, -0.25) is 0 Å². The van der Waals surface area contributed by atoms with Gasteiger partial charge >= 0.3 is 11.6 Å². The molecular formula is C18H15NO4. The van der Waals surface area contributed by atoms with E-state index >= 15 is 0 Å². The Morgan fingerprint density at radius 2 is 1.96 bits per heavy atom. The van der Waals surface area contributed by atoms with Crippen LogP contribution in [0.4, 0.5) is 0 Å². The van der Waals surface area contributed by atoms with E-state index in [4.69, 9.17) is 9.15 Å². The highest BCUT2D eigenvalue weighted by Gasteiger charge is 2.24. The van der Waals surface area contributed by atoms with Crippen LogP contribution in [0.15, 0.2) is 51.7 Å². The third-order valence-corrected chi connectivity index (χ3v) is 4.16. The fourth-order valence-electron chi connectivity index (χ4n) is 3.00. The van der Waals surface area contributed by atoms with Gasteiger partial charge < -0.3 is 14.5 Å². The van der Waals surface area contributed by atoms with Crippen LogP contribution in [0, 0.1) is 0 Å². The van der Waals surface area contributed by atoms with Gasteiger partial charge in [0.05, 0.1) is 5.39 Å². The molecule has 0 unspecified atom stereocenters. The van der Waals surface area contributed by atoms with Crippen molar-refractivity contribution in [1.82, 2.24) is 5.32 Å². The Bertz CT molecular complexity index is 954. The molecule has 0 radical (unpaired) electrons. The summed E-state index contributed by atoms with van der Waals surface area (Å²) in [6.07, 6.45) is 1.75. The largest absolute Gasteiger partial charge is 0.425 e. The maximum absolute atomic E-state index is 12.1. The number of hydrogen-bond donors (Lipinski definition) is 1. The standard InChI is InChI=1S/C18H15NO4/c20-17-14-5-2-1-4-12(14)13-8-7-11(10-16(13)23-17)22-18(21)15-6-3-9-19-15/h1-2,4-5,7-8,10,15,19H,3,6,9H2/t15-/m0/s1. The number of esters is 1. The van der Waals surface area contributed by atoms with Gasteiger partial charge in [0.15, 0.2) is 0 Å². The van der Waals surface area contributed by atoms with Gasteiger partial charge in [-0.1, -0.05) is 18.2 Å². The Morgan fingerprint density at radius 1 is 1.13 bits per heavy atom. The molecule has 0 saturated carbocycles. The maximum atomic E-state index is 12.1. The van der Waals surface area contributed by atoms with Crippen molar-refractivity contribution in [1.29, 1.82) is 0 Å². The first-order valence-corrected chi connectivity index (χ1v) is 7.63. The Balaban J connectivity index is 1.74. The molecule has 0 bridgehead atoms. The van der Waals surface area contributed by atoms with Gasteiger partial charge in [-0.15, -0.1) is 0 Å². The molecule has 1 atom stereocenters. The molecule has 2 aromatic carbocycles. The molecule has 1 saturated heterocycles. The van der Waals surface area contributed by atoms with Crippen LogP contribution in [0.3, 0.4) is 0 Å². The highest BCUT2D eigenvalue weighted by molar-refractivity contribution is 6.04. The lowest BCUT2D eigenvalue weighted by Crippen LogP contribution is -2.34. The summed E-state index contributed by atoms with van der Waals surface area (Å²) < 4.78 is 10.8. The van der Waals surface area contributed by atoms with Crippen molar-refractivity contribution in [3.05, 3.63) is 52.9 Å². The minimum absolute atomic E-state index is 0.255. The van der Waals surface area contributed by atoms with Crippen LogP contribution in [-0.4, -0.2) is 18.6 Å². The number of benzene rings is 2. The number of rotatable bonds is 2. The zero-order valence-corrected chi connectivity index (χ0v) is 12.4. The van der Waals surface area contributed by atoms with E-state index in [2.05, 4.69) is 5.32 Å². The normalized spacial score (nSPS) is 17.7. The molecule has 3 aromatic rings. The van der Waals surface area contributed by atoms with E-state index in [-0.39, 0.29) is 12.0 Å². The highest BCUT2D eigenvalue weighted by Crippen LogP contribution is 2.26. The van der Waals surface area contributed by atoms with Gasteiger partial charge in [0.2, 0.25) is 0 Å². The predicted octanol–water partition coefficient (Wildman–Crippen LogP) is 2.60. The summed E-state index contributed by atoms with van der Waals surface area (Å²) in [5, 5.41) is 5.29. The molecule has 1 aliphatic rings. The van der Waals surface area contributed by atoms with Gasteiger partial charge in [0, 0.05) is 11.5 Å². The predicted molar refractivity (Wildman–Crippen MR) is 86.6 cm³/mol. The van der Waals surface area contributed by atoms with Gasteiger partial charge in [0.1, 0.15) is 17.4 Å². The van der Waals surface area contributed by atoms with Gasteiger partial charge in [-0.25, -0.2) is 9.59 Å². The molecule has 116 valence electrons. The summed E-state index contributed by atoms with van der Waals surface area (Å²) in [6, 6.07) is 12.2. The Morgan fingerprint density at radius 3 is 2.74 bits per heavy atom. The van der Waals surface area contributed by atoms with Crippen LogP contribution in [0.25, 0.3) is 21.7 Å². The van der Waals surface area contributed by atoms with Crippen molar-refractivity contribution in [2.45, 2.75) is 18.9 Å². The molecule has 0 spiro atoms. The first-order valence-electron chi connectivity index (χ1n) is 7.63. The van der Waals surface area contributed by atoms with Crippen LogP contribution in [0.2, 0.25) is 0 Å². The number of ether oxygens (including phenoxy) is 1. The topological polar surface area (TPSA) is 68.5 Å². The van der Waals surface area contributed by atoms with E-state index in [0.717, 1.165) is 30.2 Å². The summed E-state index contributed by atoms with van der Waals surface area (Å²) in [5.74, 6) is 0.0830. The lowest BCUT2D eigenvalue weighted by molar-refractivity contribution is -0.136. The van der Waals surface area contributed by atoms with E-state index < -0.39 is 5.63 Å². The van der Waals surface area contributed by atoms with Gasteiger partial charge in [-0.2, -0.15) is 0 Å². The molecule has 4 rings (SSSR count). The smallest absolute Gasteiger partial charge is 0.344 e. The van der Waals surface area contributed by atoms with Crippen molar-refractivity contribution in [2.24, 2.45) is 0 Å². The number of nitrogens with one attached hydrogen (secondary N) is 1. The molecular weight excluding hydrogens is 294 g/mol. The number of carbonyl (C=O) groups excluding carboxylic acids is 1. The average molecular weight is 309 g/mol. The minimum Gasteiger partial charge on any atom is -0.425 e. The Kier molecular flexibility index (Phi) is 3.35. The molecule has 1 N–H and O–H groups in total. The lowest BCUT2D eigenvalue weighted by Gasteiger charge is -2.10. The number of carbonyl (C=O) groups is 1. The van der Waals surface area contributed by atoms with E-state index in [1.807, 2.05) is 18.2 Å². The quantitative estimate of drug-likeness (QED) is 0.341. The van der Waals surface area contributed by atoms with E-state index in [0.29, 0.717) is 16.7 Å². The Hall–Kier alpha value is -2.66. The first-order chi connectivity index (χ1) is 11.2. The van der Waals surface area contributed by atoms with E-state index in [1.54, 1.807) is 24.3 Å². The van der Waals surface area contributed by atoms with Crippen molar-refractivity contribution >= 4 is 27.7 Å². The SMILES string of the molecule is O=C(Oc1ccc2c(c1)oc(=O)c1ccccc12)[C@@H]1CCCN1. The maximum Gasteiger partial charge on any atom is 0.344 e. The fourth-order valence-corrected chi connectivity index (χ4v) is 3.00. The minimum atomic E-state index is -0.394. The first kappa shape index (κ1) is 14.0. The van der Waals surface area contributed by atoms with Crippen molar-refractivity contribution in [3.8, 4) is 5.75 Å². The number of hydrogen-bond acceptors (Lipinski definition) is 5. The van der Waals surface area contributed by atoms with Gasteiger partial charge in [-0.05, 0) is 43.0 Å². The summed E-state index contributed by atoms with van der Waals surface area (Å²) in [7, 11) is 0. The lowest BCUT2D eigenvalue weighted by atomic mass is 10.1. The molecule has 1 fully saturated rings. The molecule has 5 nitrogen and oxygen atoms in total. The van der Waals surface area contributed by atoms with Crippen LogP contribution in [0.1, 0.15) is 12.8 Å². The van der Waals surface area contributed by atoms with Crippen molar-refractivity contribution in [3.63, 3.8) is 0 Å². The average Bonchev–Trinajstić information content (AvgIpc) is 3.09. The van der Waals surface area contributed by atoms with Crippen LogP contribution >= 0.6 is 0 Å². The zero-order chi connectivity index (χ0) is 15.8. The van der Waals surface area contributed by atoms with Gasteiger partial charge in [0.25, 0.3) is 0 Å². The van der Waals surface area contributed by atoms with Crippen LogP contribution in [-0.2, 0) is 4.79 Å². The summed E-state index contributed by atoms with van der Waals surface area (Å²) in [6.45, 7) is 0.832. The molecule has 5 heteroatoms. The summed E-state index contributed by atoms with van der Waals surface area (Å²) in [5.41, 5.74) is 0.0208. The molecule has 0 amide bonds. The second kappa shape index (κ2) is 5.52. The third kappa shape index (κ3) is 2.49. The highest BCUT2D eigenvalue weighted by atomic mass is 16.5. The second-order valence-corrected chi connectivity index (χ2v) is 5.66. The molecule has 23 heavy (non-hydrogen) atoms. The summed E-state index contributed by atoms with van der Waals surface area (Å²) >= 11 is 0. The monoisotopic (exact) mass is 309 g/mol. The summed E-state index contributed by atoms with van der Waals surface area (Å²) in [4.78, 5) is 24.1. The molecule has 1 aliphatic heterocycles.